The number of nitrogens with zero attached hydrogens (tertiary/aromatic N) is 1. The molecule has 2 heterocycles. The summed E-state index contributed by atoms with van der Waals surface area (Å²) in [5.41, 5.74) is 8.57. The molecule has 3 rings (SSSR count). The van der Waals surface area contributed by atoms with Crippen molar-refractivity contribution in [2.24, 2.45) is 0 Å². The van der Waals surface area contributed by atoms with Crippen molar-refractivity contribution in [2.45, 2.75) is 45.3 Å². The van der Waals surface area contributed by atoms with Gasteiger partial charge in [0.2, 0.25) is 0 Å². The Hall–Kier alpha value is -1.08. The van der Waals surface area contributed by atoms with Crippen molar-refractivity contribution in [1.82, 2.24) is 4.90 Å². The van der Waals surface area contributed by atoms with Crippen molar-refractivity contribution in [2.75, 3.05) is 38.6 Å². The SMILES string of the molecule is CC1(C)OB(c2ccc(N)c(CCN3CCOCC3)c2)OC1(C)C. The molecular formula is C18H29BN2O3. The maximum Gasteiger partial charge on any atom is 0.494 e. The number of rotatable bonds is 4. The molecule has 0 aromatic heterocycles. The van der Waals surface area contributed by atoms with Crippen LogP contribution >= 0.6 is 0 Å². The number of benzene rings is 1. The van der Waals surface area contributed by atoms with Gasteiger partial charge in [0, 0.05) is 25.3 Å². The van der Waals surface area contributed by atoms with Crippen LogP contribution in [0, 0.1) is 0 Å². The molecule has 0 amide bonds. The molecule has 0 spiro atoms. The standard InChI is InChI=1S/C18H29BN2O3/c1-17(2)18(3,4)24-19(23-17)15-5-6-16(20)14(13-15)7-8-21-9-11-22-12-10-21/h5-6,13H,7-12,20H2,1-4H3. The Morgan fingerprint density at radius 3 is 2.33 bits per heavy atom. The van der Waals surface area contributed by atoms with Gasteiger partial charge in [0.25, 0.3) is 0 Å². The van der Waals surface area contributed by atoms with Crippen LogP contribution in [0.2, 0.25) is 0 Å². The highest BCUT2D eigenvalue weighted by atomic mass is 16.7. The van der Waals surface area contributed by atoms with Gasteiger partial charge in [-0.1, -0.05) is 12.1 Å². The Bertz CT molecular complexity index is 570. The highest BCUT2D eigenvalue weighted by Crippen LogP contribution is 2.36. The Morgan fingerprint density at radius 1 is 1.08 bits per heavy atom. The molecule has 0 saturated carbocycles. The number of nitrogen functional groups attached to an aromatic ring is 1. The van der Waals surface area contributed by atoms with Crippen LogP contribution in [0.4, 0.5) is 5.69 Å². The van der Waals surface area contributed by atoms with Gasteiger partial charge in [-0.05, 0) is 51.2 Å². The summed E-state index contributed by atoms with van der Waals surface area (Å²) in [4.78, 5) is 2.42. The van der Waals surface area contributed by atoms with Crippen molar-refractivity contribution in [3.8, 4) is 0 Å². The molecular weight excluding hydrogens is 303 g/mol. The summed E-state index contributed by atoms with van der Waals surface area (Å²) in [5.74, 6) is 0. The Morgan fingerprint density at radius 2 is 1.71 bits per heavy atom. The maximum atomic E-state index is 6.19. The summed E-state index contributed by atoms with van der Waals surface area (Å²) in [5, 5.41) is 0. The van der Waals surface area contributed by atoms with E-state index in [1.807, 2.05) is 12.1 Å². The number of ether oxygens (including phenoxy) is 1. The van der Waals surface area contributed by atoms with Gasteiger partial charge in [0.05, 0.1) is 24.4 Å². The summed E-state index contributed by atoms with van der Waals surface area (Å²) in [6.45, 7) is 12.9. The maximum absolute atomic E-state index is 6.19. The van der Waals surface area contributed by atoms with Gasteiger partial charge in [-0.15, -0.1) is 0 Å². The smallest absolute Gasteiger partial charge is 0.399 e. The van der Waals surface area contributed by atoms with Crippen LogP contribution in [0.15, 0.2) is 18.2 Å². The molecule has 0 radical (unpaired) electrons. The highest BCUT2D eigenvalue weighted by molar-refractivity contribution is 6.62. The summed E-state index contributed by atoms with van der Waals surface area (Å²) >= 11 is 0. The van der Waals surface area contributed by atoms with Crippen LogP contribution in [0.3, 0.4) is 0 Å². The van der Waals surface area contributed by atoms with Crippen LogP contribution in [0.25, 0.3) is 0 Å². The van der Waals surface area contributed by atoms with Gasteiger partial charge in [-0.25, -0.2) is 0 Å². The normalized spacial score (nSPS) is 23.6. The first-order chi connectivity index (χ1) is 11.3. The first kappa shape index (κ1) is 17.7. The second kappa shape index (κ2) is 6.67. The molecule has 6 heteroatoms. The quantitative estimate of drug-likeness (QED) is 0.668. The number of anilines is 1. The Balaban J connectivity index is 1.70. The predicted molar refractivity (Wildman–Crippen MR) is 97.5 cm³/mol. The lowest BCUT2D eigenvalue weighted by Gasteiger charge is -2.32. The number of nitrogens with two attached hydrogens (primary N) is 1. The summed E-state index contributed by atoms with van der Waals surface area (Å²) < 4.78 is 17.7. The molecule has 2 aliphatic heterocycles. The lowest BCUT2D eigenvalue weighted by atomic mass is 9.78. The summed E-state index contributed by atoms with van der Waals surface area (Å²) in [7, 11) is -0.335. The van der Waals surface area contributed by atoms with Crippen LogP contribution in [0.5, 0.6) is 0 Å². The fourth-order valence-corrected chi connectivity index (χ4v) is 3.07. The van der Waals surface area contributed by atoms with Crippen LogP contribution < -0.4 is 11.2 Å². The van der Waals surface area contributed by atoms with Crippen molar-refractivity contribution < 1.29 is 14.0 Å². The van der Waals surface area contributed by atoms with Gasteiger partial charge in [0.1, 0.15) is 0 Å². The first-order valence-electron chi connectivity index (χ1n) is 8.82. The predicted octanol–water partition coefficient (Wildman–Crippen LogP) is 1.44. The monoisotopic (exact) mass is 332 g/mol. The molecule has 0 aliphatic carbocycles. The van der Waals surface area contributed by atoms with E-state index in [4.69, 9.17) is 19.8 Å². The average molecular weight is 332 g/mol. The van der Waals surface area contributed by atoms with E-state index < -0.39 is 0 Å². The molecule has 132 valence electrons. The third kappa shape index (κ3) is 3.62. The molecule has 2 N–H and O–H groups in total. The van der Waals surface area contributed by atoms with Gasteiger partial charge in [-0.2, -0.15) is 0 Å². The van der Waals surface area contributed by atoms with Gasteiger partial charge < -0.3 is 19.8 Å². The zero-order chi connectivity index (χ0) is 17.4. The summed E-state index contributed by atoms with van der Waals surface area (Å²) in [6.07, 6.45) is 0.930. The van der Waals surface area contributed by atoms with Crippen molar-refractivity contribution in [3.63, 3.8) is 0 Å². The van der Waals surface area contributed by atoms with Crippen LogP contribution in [0.1, 0.15) is 33.3 Å². The Kier molecular flexibility index (Phi) is 4.93. The van der Waals surface area contributed by atoms with E-state index in [0.717, 1.165) is 56.0 Å². The van der Waals surface area contributed by atoms with Crippen molar-refractivity contribution >= 4 is 18.3 Å². The van der Waals surface area contributed by atoms with E-state index in [2.05, 4.69) is 38.7 Å². The van der Waals surface area contributed by atoms with Gasteiger partial charge in [-0.3, -0.25) is 4.90 Å². The average Bonchev–Trinajstić information content (AvgIpc) is 2.75. The second-order valence-electron chi connectivity index (χ2n) is 7.75. The van der Waals surface area contributed by atoms with E-state index in [9.17, 15) is 0 Å². The number of morpholine rings is 1. The third-order valence-corrected chi connectivity index (χ3v) is 5.49. The molecule has 0 unspecified atom stereocenters. The zero-order valence-corrected chi connectivity index (χ0v) is 15.3. The molecule has 0 bridgehead atoms. The van der Waals surface area contributed by atoms with E-state index in [0.29, 0.717) is 0 Å². The molecule has 2 saturated heterocycles. The van der Waals surface area contributed by atoms with Crippen LogP contribution in [-0.4, -0.2) is 56.1 Å². The molecule has 2 fully saturated rings. The fraction of sp³-hybridized carbons (Fsp3) is 0.667. The largest absolute Gasteiger partial charge is 0.494 e. The lowest BCUT2D eigenvalue weighted by Crippen LogP contribution is -2.41. The molecule has 24 heavy (non-hydrogen) atoms. The molecule has 1 aromatic rings. The van der Waals surface area contributed by atoms with E-state index in [1.165, 1.54) is 0 Å². The minimum Gasteiger partial charge on any atom is -0.399 e. The topological polar surface area (TPSA) is 57.0 Å². The number of hydrogen-bond donors (Lipinski definition) is 1. The van der Waals surface area contributed by atoms with E-state index in [-0.39, 0.29) is 18.3 Å². The van der Waals surface area contributed by atoms with E-state index in [1.54, 1.807) is 0 Å². The molecule has 0 atom stereocenters. The first-order valence-corrected chi connectivity index (χ1v) is 8.82. The Labute approximate surface area is 145 Å². The zero-order valence-electron chi connectivity index (χ0n) is 15.3. The van der Waals surface area contributed by atoms with Crippen molar-refractivity contribution in [3.05, 3.63) is 23.8 Å². The van der Waals surface area contributed by atoms with E-state index >= 15 is 0 Å². The highest BCUT2D eigenvalue weighted by Gasteiger charge is 2.51. The molecule has 2 aliphatic rings. The number of hydrogen-bond acceptors (Lipinski definition) is 5. The lowest BCUT2D eigenvalue weighted by molar-refractivity contribution is 0.00578. The fourth-order valence-electron chi connectivity index (χ4n) is 3.07. The van der Waals surface area contributed by atoms with Crippen molar-refractivity contribution in [1.29, 1.82) is 0 Å². The second-order valence-corrected chi connectivity index (χ2v) is 7.75. The molecule has 5 nitrogen and oxygen atoms in total. The van der Waals surface area contributed by atoms with Gasteiger partial charge in [0.15, 0.2) is 0 Å². The minimum absolute atomic E-state index is 0.326. The van der Waals surface area contributed by atoms with Crippen LogP contribution in [-0.2, 0) is 20.5 Å². The summed E-state index contributed by atoms with van der Waals surface area (Å²) in [6, 6.07) is 6.11. The third-order valence-electron chi connectivity index (χ3n) is 5.49. The minimum atomic E-state index is -0.335. The molecule has 1 aromatic carbocycles. The van der Waals surface area contributed by atoms with Gasteiger partial charge >= 0.3 is 7.12 Å².